The molecule has 0 aliphatic rings. The first kappa shape index (κ1) is 13.2. The number of H-pyrrole nitrogens is 1. The topological polar surface area (TPSA) is 81.2 Å². The Morgan fingerprint density at radius 2 is 2.00 bits per heavy atom. The monoisotopic (exact) mass is 240 g/mol. The number of nitrogens with one attached hydrogen (secondary N) is 1. The molecule has 17 heavy (non-hydrogen) atoms. The number of hydrogen-bond donors (Lipinski definition) is 1. The number of carbonyl (C=O) groups excluding carboxylic acids is 1. The zero-order valence-electron chi connectivity index (χ0n) is 10.4. The highest BCUT2D eigenvalue weighted by Crippen LogP contribution is 2.14. The maximum absolute atomic E-state index is 11.6. The Labute approximate surface area is 98.2 Å². The Bertz CT molecular complexity index is 534. The second-order valence-electron chi connectivity index (χ2n) is 4.82. The predicted molar refractivity (Wildman–Crippen MR) is 61.6 cm³/mol. The molecule has 0 saturated carbocycles. The maximum atomic E-state index is 11.6. The number of hydrogen-bond acceptors (Lipinski definition) is 4. The Morgan fingerprint density at radius 3 is 2.53 bits per heavy atom. The van der Waals surface area contributed by atoms with Gasteiger partial charge >= 0.3 is 11.7 Å². The lowest BCUT2D eigenvalue weighted by Gasteiger charge is -2.16. The predicted octanol–water partition coefficient (Wildman–Crippen LogP) is 0.392. The molecule has 1 N–H and O–H groups in total. The summed E-state index contributed by atoms with van der Waals surface area (Å²) in [6.45, 7) is 6.28. The molecule has 6 heteroatoms. The van der Waals surface area contributed by atoms with E-state index >= 15 is 0 Å². The normalized spacial score (nSPS) is 11.3. The number of esters is 1. The molecule has 0 atom stereocenters. The maximum Gasteiger partial charge on any atom is 0.331 e. The van der Waals surface area contributed by atoms with E-state index in [1.165, 1.54) is 6.20 Å². The van der Waals surface area contributed by atoms with Gasteiger partial charge in [-0.25, -0.2) is 9.36 Å². The van der Waals surface area contributed by atoms with E-state index in [1.54, 1.807) is 27.7 Å². The molecule has 0 aliphatic carbocycles. The van der Waals surface area contributed by atoms with Gasteiger partial charge in [0, 0.05) is 11.8 Å². The fourth-order valence-electron chi connectivity index (χ4n) is 1.07. The standard InChI is InChI=1S/C11H16N2O4/c1-7-5-12-10(16)13(8(7)14)6-17-9(15)11(2,3)4/h5H,6H2,1-4H3,(H,12,16). The first-order valence-electron chi connectivity index (χ1n) is 5.20. The first-order valence-corrected chi connectivity index (χ1v) is 5.20. The third-order valence-corrected chi connectivity index (χ3v) is 2.18. The van der Waals surface area contributed by atoms with E-state index in [9.17, 15) is 14.4 Å². The molecule has 6 nitrogen and oxygen atoms in total. The highest BCUT2D eigenvalue weighted by molar-refractivity contribution is 5.75. The molecule has 1 aromatic rings. The van der Waals surface area contributed by atoms with E-state index in [-0.39, 0.29) is 6.73 Å². The molecule has 0 fully saturated rings. The summed E-state index contributed by atoms with van der Waals surface area (Å²) >= 11 is 0. The number of nitrogens with zero attached hydrogens (tertiary/aromatic N) is 1. The minimum Gasteiger partial charge on any atom is -0.443 e. The van der Waals surface area contributed by atoms with Crippen molar-refractivity contribution in [2.24, 2.45) is 5.41 Å². The fourth-order valence-corrected chi connectivity index (χ4v) is 1.07. The Hall–Kier alpha value is -1.85. The van der Waals surface area contributed by atoms with E-state index in [0.29, 0.717) is 5.56 Å². The van der Waals surface area contributed by atoms with Crippen LogP contribution in [0.4, 0.5) is 0 Å². The molecule has 94 valence electrons. The van der Waals surface area contributed by atoms with Gasteiger partial charge in [0.05, 0.1) is 5.41 Å². The number of ether oxygens (including phenoxy) is 1. The lowest BCUT2D eigenvalue weighted by molar-refractivity contribution is -0.157. The molecular formula is C11H16N2O4. The third kappa shape index (κ3) is 3.05. The molecule has 0 saturated heterocycles. The van der Waals surface area contributed by atoms with Gasteiger partial charge in [0.15, 0.2) is 6.73 Å². The van der Waals surface area contributed by atoms with Crippen molar-refractivity contribution in [2.75, 3.05) is 0 Å². The van der Waals surface area contributed by atoms with Crippen LogP contribution in [0.5, 0.6) is 0 Å². The van der Waals surface area contributed by atoms with Gasteiger partial charge < -0.3 is 9.72 Å². The van der Waals surface area contributed by atoms with Gasteiger partial charge in [-0.3, -0.25) is 9.59 Å². The minimum atomic E-state index is -0.666. The number of rotatable bonds is 2. The zero-order valence-corrected chi connectivity index (χ0v) is 10.4. The van der Waals surface area contributed by atoms with Crippen LogP contribution in [0.15, 0.2) is 15.8 Å². The summed E-state index contributed by atoms with van der Waals surface area (Å²) in [5, 5.41) is 0. The smallest absolute Gasteiger partial charge is 0.331 e. The van der Waals surface area contributed by atoms with E-state index in [0.717, 1.165) is 4.57 Å². The van der Waals surface area contributed by atoms with Gasteiger partial charge in [0.1, 0.15) is 0 Å². The fraction of sp³-hybridized carbons (Fsp3) is 0.545. The molecular weight excluding hydrogens is 224 g/mol. The van der Waals surface area contributed by atoms with Crippen LogP contribution in [-0.4, -0.2) is 15.5 Å². The van der Waals surface area contributed by atoms with Crippen LogP contribution in [0.25, 0.3) is 0 Å². The van der Waals surface area contributed by atoms with Crippen LogP contribution in [0.1, 0.15) is 26.3 Å². The number of carbonyl (C=O) groups is 1. The van der Waals surface area contributed by atoms with Crippen molar-refractivity contribution in [3.63, 3.8) is 0 Å². The Kier molecular flexibility index (Phi) is 3.55. The van der Waals surface area contributed by atoms with Crippen molar-refractivity contribution in [3.05, 3.63) is 32.6 Å². The summed E-state index contributed by atoms with van der Waals surface area (Å²) < 4.78 is 5.76. The van der Waals surface area contributed by atoms with E-state index in [2.05, 4.69) is 4.98 Å². The van der Waals surface area contributed by atoms with Crippen molar-refractivity contribution < 1.29 is 9.53 Å². The highest BCUT2D eigenvalue weighted by Gasteiger charge is 2.23. The lowest BCUT2D eigenvalue weighted by atomic mass is 9.98. The molecule has 0 amide bonds. The summed E-state index contributed by atoms with van der Waals surface area (Å²) in [5.41, 5.74) is -1.34. The largest absolute Gasteiger partial charge is 0.443 e. The van der Waals surface area contributed by atoms with Gasteiger partial charge in [-0.05, 0) is 27.7 Å². The molecule has 1 aromatic heterocycles. The average molecular weight is 240 g/mol. The van der Waals surface area contributed by atoms with E-state index in [1.807, 2.05) is 0 Å². The summed E-state index contributed by atoms with van der Waals surface area (Å²) in [5.74, 6) is -0.467. The highest BCUT2D eigenvalue weighted by atomic mass is 16.5. The molecule has 0 aromatic carbocycles. The van der Waals surface area contributed by atoms with Gasteiger partial charge in [-0.15, -0.1) is 0 Å². The molecule has 1 rings (SSSR count). The molecule has 0 unspecified atom stereocenters. The lowest BCUT2D eigenvalue weighted by Crippen LogP contribution is -2.38. The van der Waals surface area contributed by atoms with Gasteiger partial charge in [-0.1, -0.05) is 0 Å². The third-order valence-electron chi connectivity index (χ3n) is 2.18. The number of aryl methyl sites for hydroxylation is 1. The van der Waals surface area contributed by atoms with Crippen molar-refractivity contribution in [2.45, 2.75) is 34.4 Å². The number of aromatic amines is 1. The van der Waals surface area contributed by atoms with Crippen molar-refractivity contribution in [1.29, 1.82) is 0 Å². The van der Waals surface area contributed by atoms with Crippen LogP contribution in [0.2, 0.25) is 0 Å². The second kappa shape index (κ2) is 4.57. The van der Waals surface area contributed by atoms with Crippen molar-refractivity contribution in [1.82, 2.24) is 9.55 Å². The summed E-state index contributed by atoms with van der Waals surface area (Å²) in [7, 11) is 0. The molecule has 0 bridgehead atoms. The van der Waals surface area contributed by atoms with E-state index < -0.39 is 22.6 Å². The molecule has 0 aliphatic heterocycles. The summed E-state index contributed by atoms with van der Waals surface area (Å²) in [6.07, 6.45) is 1.33. The van der Waals surface area contributed by atoms with Crippen LogP contribution in [0, 0.1) is 12.3 Å². The average Bonchev–Trinajstić information content (AvgIpc) is 2.22. The summed E-state index contributed by atoms with van der Waals surface area (Å²) in [6, 6.07) is 0. The van der Waals surface area contributed by atoms with Crippen molar-refractivity contribution >= 4 is 5.97 Å². The van der Waals surface area contributed by atoms with Gasteiger partial charge in [0.25, 0.3) is 5.56 Å². The second-order valence-corrected chi connectivity index (χ2v) is 4.82. The van der Waals surface area contributed by atoms with Crippen molar-refractivity contribution in [3.8, 4) is 0 Å². The zero-order chi connectivity index (χ0) is 13.2. The SMILES string of the molecule is Cc1c[nH]c(=O)n(COC(=O)C(C)(C)C)c1=O. The van der Waals surface area contributed by atoms with Crippen LogP contribution in [0.3, 0.4) is 0 Å². The Morgan fingerprint density at radius 1 is 1.41 bits per heavy atom. The summed E-state index contributed by atoms with van der Waals surface area (Å²) in [4.78, 5) is 36.9. The molecule has 1 heterocycles. The molecule has 0 spiro atoms. The first-order chi connectivity index (χ1) is 7.73. The van der Waals surface area contributed by atoms with E-state index in [4.69, 9.17) is 4.74 Å². The molecule has 0 radical (unpaired) electrons. The quantitative estimate of drug-likeness (QED) is 0.758. The van der Waals surface area contributed by atoms with Crippen LogP contribution in [-0.2, 0) is 16.3 Å². The Balaban J connectivity index is 2.92. The van der Waals surface area contributed by atoms with Gasteiger partial charge in [-0.2, -0.15) is 0 Å². The number of aromatic nitrogens is 2. The van der Waals surface area contributed by atoms with Gasteiger partial charge in [0.2, 0.25) is 0 Å². The minimum absolute atomic E-state index is 0.369. The van der Waals surface area contributed by atoms with Crippen LogP contribution < -0.4 is 11.2 Å². The van der Waals surface area contributed by atoms with Crippen LogP contribution >= 0.6 is 0 Å².